The molecule has 2 atom stereocenters. The Hall–Kier alpha value is -2.37. The van der Waals surface area contributed by atoms with Crippen LogP contribution in [0.5, 0.6) is 0 Å². The predicted molar refractivity (Wildman–Crippen MR) is 84.9 cm³/mol. The summed E-state index contributed by atoms with van der Waals surface area (Å²) in [7, 11) is -5.71. The van der Waals surface area contributed by atoms with Gasteiger partial charge in [0.05, 0.1) is 15.7 Å². The largest absolute Gasteiger partial charge is 0.501 e. The van der Waals surface area contributed by atoms with E-state index in [0.29, 0.717) is 25.0 Å². The summed E-state index contributed by atoms with van der Waals surface area (Å²) in [4.78, 5) is 20.5. The van der Waals surface area contributed by atoms with Crippen molar-refractivity contribution >= 4 is 27.1 Å². The number of primary amides is 1. The van der Waals surface area contributed by atoms with Gasteiger partial charge in [-0.2, -0.15) is 13.2 Å². The van der Waals surface area contributed by atoms with Crippen molar-refractivity contribution in [1.82, 2.24) is 0 Å². The Morgan fingerprint density at radius 1 is 1.27 bits per heavy atom. The number of nitrogens with zero attached hydrogens (tertiary/aromatic N) is 1. The Morgan fingerprint density at radius 2 is 1.88 bits per heavy atom. The monoisotopic (exact) mass is 395 g/mol. The molecule has 8 nitrogen and oxygen atoms in total. The van der Waals surface area contributed by atoms with Gasteiger partial charge in [0, 0.05) is 12.1 Å². The molecule has 12 heteroatoms. The maximum absolute atomic E-state index is 12.6. The van der Waals surface area contributed by atoms with Crippen LogP contribution >= 0.6 is 0 Å². The molecule has 0 bridgehead atoms. The molecule has 144 valence electrons. The van der Waals surface area contributed by atoms with E-state index in [1.165, 1.54) is 0 Å². The number of nitro benzene ring substituents is 1. The van der Waals surface area contributed by atoms with Crippen LogP contribution in [0.4, 0.5) is 24.5 Å². The van der Waals surface area contributed by atoms with E-state index in [0.717, 1.165) is 18.9 Å². The molecule has 1 aliphatic rings. The summed E-state index contributed by atoms with van der Waals surface area (Å²) in [6.07, 6.45) is 2.49. The minimum absolute atomic E-state index is 0.172. The number of nitrogens with two attached hydrogens (primary N) is 1. The number of hydrogen-bond donors (Lipinski definition) is 2. The van der Waals surface area contributed by atoms with E-state index in [1.54, 1.807) is 0 Å². The molecule has 1 fully saturated rings. The average Bonchev–Trinajstić information content (AvgIpc) is 2.54. The molecule has 1 aromatic rings. The number of carbonyl (C=O) groups is 1. The van der Waals surface area contributed by atoms with Crippen LogP contribution in [0.1, 0.15) is 25.7 Å². The van der Waals surface area contributed by atoms with Crippen LogP contribution in [0.25, 0.3) is 0 Å². The predicted octanol–water partition coefficient (Wildman–Crippen LogP) is 2.34. The number of hydrogen-bond acceptors (Lipinski definition) is 6. The summed E-state index contributed by atoms with van der Waals surface area (Å²) < 4.78 is 60.8. The highest BCUT2D eigenvalue weighted by atomic mass is 32.2. The zero-order chi connectivity index (χ0) is 19.7. The van der Waals surface area contributed by atoms with Gasteiger partial charge < -0.3 is 11.1 Å². The zero-order valence-electron chi connectivity index (χ0n) is 13.3. The molecule has 0 spiro atoms. The molecule has 0 saturated heterocycles. The highest BCUT2D eigenvalue weighted by Gasteiger charge is 2.47. The first kappa shape index (κ1) is 19.9. The summed E-state index contributed by atoms with van der Waals surface area (Å²) in [6.45, 7) is 0. The topological polar surface area (TPSA) is 132 Å². The van der Waals surface area contributed by atoms with E-state index < -0.39 is 48.7 Å². The number of carbonyl (C=O) groups excluding carboxylic acids is 1. The van der Waals surface area contributed by atoms with Crippen molar-refractivity contribution in [2.75, 3.05) is 5.32 Å². The lowest BCUT2D eigenvalue weighted by Gasteiger charge is -2.30. The van der Waals surface area contributed by atoms with Crippen molar-refractivity contribution in [3.63, 3.8) is 0 Å². The fraction of sp³-hybridized carbons (Fsp3) is 0.500. The number of rotatable bonds is 5. The van der Waals surface area contributed by atoms with E-state index in [9.17, 15) is 36.5 Å². The number of anilines is 1. The summed E-state index contributed by atoms with van der Waals surface area (Å²) >= 11 is 0. The molecule has 1 amide bonds. The number of nitrogens with one attached hydrogen (secondary N) is 1. The molecule has 2 rings (SSSR count). The van der Waals surface area contributed by atoms with Gasteiger partial charge in [0.15, 0.2) is 0 Å². The number of nitro groups is 1. The average molecular weight is 395 g/mol. The molecule has 0 aromatic heterocycles. The first-order valence-corrected chi connectivity index (χ1v) is 9.09. The van der Waals surface area contributed by atoms with Crippen molar-refractivity contribution < 1.29 is 31.3 Å². The highest BCUT2D eigenvalue weighted by Crippen LogP contribution is 2.36. The summed E-state index contributed by atoms with van der Waals surface area (Å²) in [6, 6.07) is 1.36. The third-order valence-corrected chi connectivity index (χ3v) is 5.74. The van der Waals surface area contributed by atoms with Gasteiger partial charge in [-0.3, -0.25) is 14.9 Å². The standard InChI is InChI=1S/C14H16F3N3O5S/c15-14(16,17)26(24,25)8-5-6-11(12(7-8)20(22)23)19-10-4-2-1-3-9(10)13(18)21/h5-7,9-10,19H,1-4H2,(H2,18,21). The normalized spacial score (nSPS) is 21.2. The quantitative estimate of drug-likeness (QED) is 0.581. The molecule has 1 saturated carbocycles. The third-order valence-electron chi connectivity index (χ3n) is 4.25. The van der Waals surface area contributed by atoms with Crippen LogP contribution in [0.3, 0.4) is 0 Å². The smallest absolute Gasteiger partial charge is 0.376 e. The van der Waals surface area contributed by atoms with Gasteiger partial charge in [-0.05, 0) is 25.0 Å². The van der Waals surface area contributed by atoms with E-state index >= 15 is 0 Å². The summed E-state index contributed by atoms with van der Waals surface area (Å²) in [5, 5.41) is 14.0. The molecule has 1 aliphatic carbocycles. The van der Waals surface area contributed by atoms with Gasteiger partial charge in [0.25, 0.3) is 15.5 Å². The molecular formula is C14H16F3N3O5S. The van der Waals surface area contributed by atoms with E-state index in [2.05, 4.69) is 5.32 Å². The van der Waals surface area contributed by atoms with Crippen LogP contribution in [-0.4, -0.2) is 30.8 Å². The number of benzene rings is 1. The molecular weight excluding hydrogens is 379 g/mol. The van der Waals surface area contributed by atoms with Crippen LogP contribution in [0.15, 0.2) is 23.1 Å². The number of amides is 1. The number of alkyl halides is 3. The van der Waals surface area contributed by atoms with Crippen molar-refractivity contribution in [3.05, 3.63) is 28.3 Å². The van der Waals surface area contributed by atoms with Gasteiger partial charge >= 0.3 is 5.51 Å². The van der Waals surface area contributed by atoms with Gasteiger partial charge in [-0.15, -0.1) is 0 Å². The molecule has 3 N–H and O–H groups in total. The fourth-order valence-electron chi connectivity index (χ4n) is 2.93. The Kier molecular flexibility index (Phi) is 5.44. The zero-order valence-corrected chi connectivity index (χ0v) is 14.1. The molecule has 0 heterocycles. The third kappa shape index (κ3) is 3.89. The molecule has 26 heavy (non-hydrogen) atoms. The molecule has 0 aliphatic heterocycles. The van der Waals surface area contributed by atoms with Gasteiger partial charge in [0.1, 0.15) is 5.69 Å². The Bertz CT molecular complexity index is 826. The second kappa shape index (κ2) is 7.09. The Labute approximate surface area is 146 Å². The second-order valence-corrected chi connectivity index (χ2v) is 7.87. The van der Waals surface area contributed by atoms with Crippen molar-refractivity contribution in [2.45, 2.75) is 42.1 Å². The van der Waals surface area contributed by atoms with E-state index in [1.807, 2.05) is 0 Å². The van der Waals surface area contributed by atoms with Crippen LogP contribution in [0, 0.1) is 16.0 Å². The van der Waals surface area contributed by atoms with E-state index in [-0.39, 0.29) is 5.69 Å². The minimum atomic E-state index is -5.71. The first-order chi connectivity index (χ1) is 11.9. The fourth-order valence-corrected chi connectivity index (χ4v) is 3.71. The van der Waals surface area contributed by atoms with Crippen molar-refractivity contribution in [1.29, 1.82) is 0 Å². The van der Waals surface area contributed by atoms with Gasteiger partial charge in [-0.1, -0.05) is 12.8 Å². The minimum Gasteiger partial charge on any atom is -0.376 e. The number of sulfone groups is 1. The summed E-state index contributed by atoms with van der Waals surface area (Å²) in [5.74, 6) is -1.16. The second-order valence-electron chi connectivity index (χ2n) is 5.93. The lowest BCUT2D eigenvalue weighted by atomic mass is 9.84. The SMILES string of the molecule is NC(=O)C1CCCCC1Nc1ccc(S(=O)(=O)C(F)(F)F)cc1[N+](=O)[O-]. The van der Waals surface area contributed by atoms with E-state index in [4.69, 9.17) is 5.73 Å². The van der Waals surface area contributed by atoms with Crippen LogP contribution < -0.4 is 11.1 Å². The lowest BCUT2D eigenvalue weighted by Crippen LogP contribution is -2.40. The van der Waals surface area contributed by atoms with Crippen molar-refractivity contribution in [3.8, 4) is 0 Å². The Morgan fingerprint density at radius 3 is 2.42 bits per heavy atom. The van der Waals surface area contributed by atoms with Gasteiger partial charge in [-0.25, -0.2) is 8.42 Å². The van der Waals surface area contributed by atoms with Crippen LogP contribution in [0.2, 0.25) is 0 Å². The van der Waals surface area contributed by atoms with Gasteiger partial charge in [0.2, 0.25) is 5.91 Å². The maximum Gasteiger partial charge on any atom is 0.501 e. The summed E-state index contributed by atoms with van der Waals surface area (Å²) in [5.41, 5.74) is -1.25. The molecule has 1 aromatic carbocycles. The first-order valence-electron chi connectivity index (χ1n) is 7.61. The maximum atomic E-state index is 12.6. The number of halogens is 3. The molecule has 0 radical (unpaired) electrons. The molecule has 2 unspecified atom stereocenters. The highest BCUT2D eigenvalue weighted by molar-refractivity contribution is 7.92. The Balaban J connectivity index is 2.41. The van der Waals surface area contributed by atoms with Crippen molar-refractivity contribution in [2.24, 2.45) is 11.7 Å². The van der Waals surface area contributed by atoms with Crippen LogP contribution in [-0.2, 0) is 14.6 Å². The lowest BCUT2D eigenvalue weighted by molar-refractivity contribution is -0.384.